The SMILES string of the molecule is CC1CC(C)C(C)N(CC(=O)c2ccc3c(c2)CCC3)C1. The fourth-order valence-electron chi connectivity index (χ4n) is 4.06. The summed E-state index contributed by atoms with van der Waals surface area (Å²) >= 11 is 0. The van der Waals surface area contributed by atoms with Gasteiger partial charge in [-0.15, -0.1) is 0 Å². The zero-order chi connectivity index (χ0) is 15.0. The number of likely N-dealkylation sites (tertiary alicyclic amines) is 1. The summed E-state index contributed by atoms with van der Waals surface area (Å²) in [6, 6.07) is 6.86. The first-order chi connectivity index (χ1) is 10.0. The summed E-state index contributed by atoms with van der Waals surface area (Å²) in [6.07, 6.45) is 4.85. The monoisotopic (exact) mass is 285 g/mol. The number of rotatable bonds is 3. The molecule has 1 heterocycles. The van der Waals surface area contributed by atoms with Crippen LogP contribution in [0.5, 0.6) is 0 Å². The zero-order valence-electron chi connectivity index (χ0n) is 13.6. The van der Waals surface area contributed by atoms with Gasteiger partial charge in [-0.1, -0.05) is 26.0 Å². The fraction of sp³-hybridized carbons (Fsp3) is 0.632. The van der Waals surface area contributed by atoms with Crippen LogP contribution < -0.4 is 0 Å². The van der Waals surface area contributed by atoms with Gasteiger partial charge in [-0.2, -0.15) is 0 Å². The molecule has 0 amide bonds. The summed E-state index contributed by atoms with van der Waals surface area (Å²) in [5, 5.41) is 0. The number of fused-ring (bicyclic) bond motifs is 1. The van der Waals surface area contributed by atoms with Crippen molar-refractivity contribution in [3.8, 4) is 0 Å². The highest BCUT2D eigenvalue weighted by Crippen LogP contribution is 2.27. The van der Waals surface area contributed by atoms with Crippen molar-refractivity contribution < 1.29 is 4.79 Å². The second kappa shape index (κ2) is 5.92. The molecule has 3 atom stereocenters. The Labute approximate surface area is 128 Å². The van der Waals surface area contributed by atoms with Crippen LogP contribution in [0.3, 0.4) is 0 Å². The van der Waals surface area contributed by atoms with E-state index < -0.39 is 0 Å². The Morgan fingerprint density at radius 1 is 1.19 bits per heavy atom. The van der Waals surface area contributed by atoms with Gasteiger partial charge in [0.1, 0.15) is 0 Å². The van der Waals surface area contributed by atoms with Crippen LogP contribution in [0.2, 0.25) is 0 Å². The maximum absolute atomic E-state index is 12.6. The Balaban J connectivity index is 1.71. The van der Waals surface area contributed by atoms with E-state index in [1.807, 2.05) is 6.07 Å². The fourth-order valence-corrected chi connectivity index (χ4v) is 4.06. The molecule has 0 N–H and O–H groups in total. The number of benzene rings is 1. The molecular weight excluding hydrogens is 258 g/mol. The predicted octanol–water partition coefficient (Wildman–Crippen LogP) is 3.72. The molecule has 0 saturated carbocycles. The van der Waals surface area contributed by atoms with Gasteiger partial charge in [-0.3, -0.25) is 9.69 Å². The maximum atomic E-state index is 12.6. The molecule has 2 heteroatoms. The molecule has 3 rings (SSSR count). The van der Waals surface area contributed by atoms with E-state index in [2.05, 4.69) is 37.8 Å². The van der Waals surface area contributed by atoms with E-state index in [1.54, 1.807) is 0 Å². The van der Waals surface area contributed by atoms with Crippen LogP contribution in [0.25, 0.3) is 0 Å². The van der Waals surface area contributed by atoms with Gasteiger partial charge in [0.2, 0.25) is 0 Å². The summed E-state index contributed by atoms with van der Waals surface area (Å²) in [4.78, 5) is 15.0. The van der Waals surface area contributed by atoms with Gasteiger partial charge in [-0.25, -0.2) is 0 Å². The summed E-state index contributed by atoms with van der Waals surface area (Å²) in [5.74, 6) is 1.67. The predicted molar refractivity (Wildman–Crippen MR) is 86.8 cm³/mol. The molecule has 114 valence electrons. The average molecular weight is 285 g/mol. The minimum Gasteiger partial charge on any atom is -0.293 e. The van der Waals surface area contributed by atoms with Gasteiger partial charge in [0.05, 0.1) is 6.54 Å². The maximum Gasteiger partial charge on any atom is 0.176 e. The molecule has 1 fully saturated rings. The van der Waals surface area contributed by atoms with Crippen molar-refractivity contribution in [2.24, 2.45) is 11.8 Å². The highest BCUT2D eigenvalue weighted by molar-refractivity contribution is 5.97. The third-order valence-electron chi connectivity index (χ3n) is 5.49. The number of Topliss-reactive ketones (excluding diaryl/α,β-unsaturated/α-hetero) is 1. The van der Waals surface area contributed by atoms with Crippen LogP contribution in [-0.2, 0) is 12.8 Å². The van der Waals surface area contributed by atoms with E-state index in [-0.39, 0.29) is 5.78 Å². The lowest BCUT2D eigenvalue weighted by Crippen LogP contribution is -2.47. The molecule has 1 aromatic carbocycles. The Bertz CT molecular complexity index is 536. The number of piperidine rings is 1. The van der Waals surface area contributed by atoms with Crippen molar-refractivity contribution in [2.45, 2.75) is 52.5 Å². The number of carbonyl (C=O) groups excluding carboxylic acids is 1. The van der Waals surface area contributed by atoms with Crippen molar-refractivity contribution in [3.05, 3.63) is 34.9 Å². The third-order valence-corrected chi connectivity index (χ3v) is 5.49. The molecule has 0 spiro atoms. The van der Waals surface area contributed by atoms with Crippen molar-refractivity contribution >= 4 is 5.78 Å². The van der Waals surface area contributed by atoms with Gasteiger partial charge in [-0.05, 0) is 61.6 Å². The molecule has 1 aliphatic carbocycles. The lowest BCUT2D eigenvalue weighted by Gasteiger charge is -2.40. The molecule has 2 nitrogen and oxygen atoms in total. The van der Waals surface area contributed by atoms with Gasteiger partial charge in [0.25, 0.3) is 0 Å². The van der Waals surface area contributed by atoms with E-state index in [1.165, 1.54) is 30.4 Å². The summed E-state index contributed by atoms with van der Waals surface area (Å²) in [6.45, 7) is 8.52. The Morgan fingerprint density at radius 2 is 1.95 bits per heavy atom. The normalized spacial score (nSPS) is 29.4. The molecule has 2 aliphatic rings. The highest BCUT2D eigenvalue weighted by Gasteiger charge is 2.30. The largest absolute Gasteiger partial charge is 0.293 e. The van der Waals surface area contributed by atoms with E-state index in [0.29, 0.717) is 24.4 Å². The van der Waals surface area contributed by atoms with Crippen molar-refractivity contribution in [1.29, 1.82) is 0 Å². The lowest BCUT2D eigenvalue weighted by molar-refractivity contribution is 0.0650. The second-order valence-electron chi connectivity index (χ2n) is 7.25. The molecule has 3 unspecified atom stereocenters. The van der Waals surface area contributed by atoms with E-state index in [9.17, 15) is 4.79 Å². The Morgan fingerprint density at radius 3 is 2.76 bits per heavy atom. The second-order valence-corrected chi connectivity index (χ2v) is 7.25. The molecule has 1 saturated heterocycles. The van der Waals surface area contributed by atoms with Crippen LogP contribution in [-0.4, -0.2) is 29.8 Å². The number of ketones is 1. The van der Waals surface area contributed by atoms with Gasteiger partial charge >= 0.3 is 0 Å². The molecule has 21 heavy (non-hydrogen) atoms. The van der Waals surface area contributed by atoms with Gasteiger partial charge < -0.3 is 0 Å². The van der Waals surface area contributed by atoms with Crippen molar-refractivity contribution in [3.63, 3.8) is 0 Å². The van der Waals surface area contributed by atoms with E-state index in [4.69, 9.17) is 0 Å². The Kier molecular flexibility index (Phi) is 4.17. The zero-order valence-corrected chi connectivity index (χ0v) is 13.6. The molecule has 0 aromatic heterocycles. The van der Waals surface area contributed by atoms with E-state index >= 15 is 0 Å². The molecular formula is C19H27NO. The van der Waals surface area contributed by atoms with Gasteiger partial charge in [0.15, 0.2) is 5.78 Å². The van der Waals surface area contributed by atoms with Crippen LogP contribution in [0, 0.1) is 11.8 Å². The van der Waals surface area contributed by atoms with Crippen molar-refractivity contribution in [2.75, 3.05) is 13.1 Å². The quantitative estimate of drug-likeness (QED) is 0.789. The molecule has 0 bridgehead atoms. The highest BCUT2D eigenvalue weighted by atomic mass is 16.1. The minimum absolute atomic E-state index is 0.290. The number of hydrogen-bond donors (Lipinski definition) is 0. The third kappa shape index (κ3) is 3.06. The lowest BCUT2D eigenvalue weighted by atomic mass is 9.85. The number of hydrogen-bond acceptors (Lipinski definition) is 2. The van der Waals surface area contributed by atoms with Crippen molar-refractivity contribution in [1.82, 2.24) is 4.90 Å². The molecule has 1 aromatic rings. The summed E-state index contributed by atoms with van der Waals surface area (Å²) in [7, 11) is 0. The van der Waals surface area contributed by atoms with Crippen LogP contribution in [0.4, 0.5) is 0 Å². The summed E-state index contributed by atoms with van der Waals surface area (Å²) in [5.41, 5.74) is 3.75. The number of carbonyl (C=O) groups is 1. The smallest absolute Gasteiger partial charge is 0.176 e. The van der Waals surface area contributed by atoms with Crippen LogP contribution in [0.1, 0.15) is 55.1 Å². The first kappa shape index (κ1) is 14.8. The van der Waals surface area contributed by atoms with Gasteiger partial charge in [0, 0.05) is 18.2 Å². The first-order valence-corrected chi connectivity index (χ1v) is 8.43. The first-order valence-electron chi connectivity index (χ1n) is 8.43. The van der Waals surface area contributed by atoms with Crippen LogP contribution >= 0.6 is 0 Å². The number of nitrogens with zero attached hydrogens (tertiary/aromatic N) is 1. The van der Waals surface area contributed by atoms with Crippen LogP contribution in [0.15, 0.2) is 18.2 Å². The number of aryl methyl sites for hydroxylation is 2. The minimum atomic E-state index is 0.290. The molecule has 0 radical (unpaired) electrons. The van der Waals surface area contributed by atoms with E-state index in [0.717, 1.165) is 18.5 Å². The standard InChI is InChI=1S/C19H27NO/c1-13-9-14(2)15(3)20(11-13)12-19(21)18-8-7-16-5-4-6-17(16)10-18/h7-8,10,13-15H,4-6,9,11-12H2,1-3H3. The topological polar surface area (TPSA) is 20.3 Å². The summed E-state index contributed by atoms with van der Waals surface area (Å²) < 4.78 is 0. The Hall–Kier alpha value is -1.15. The average Bonchev–Trinajstić information content (AvgIpc) is 2.91. The molecule has 1 aliphatic heterocycles.